The fraction of sp³-hybridized carbons (Fsp3) is 0.650. The first-order chi connectivity index (χ1) is 12.7. The minimum atomic E-state index is -0.492. The summed E-state index contributed by atoms with van der Waals surface area (Å²) in [6.45, 7) is 3.57. The van der Waals surface area contributed by atoms with Gasteiger partial charge in [0, 0.05) is 35.8 Å². The maximum atomic E-state index is 12.9. The highest BCUT2D eigenvalue weighted by Gasteiger charge is 2.47. The number of nitrogens with zero attached hydrogens (tertiary/aromatic N) is 1. The summed E-state index contributed by atoms with van der Waals surface area (Å²) < 4.78 is 11.9. The molecule has 0 aromatic heterocycles. The largest absolute Gasteiger partial charge is 0.348 e. The summed E-state index contributed by atoms with van der Waals surface area (Å²) in [7, 11) is 0. The van der Waals surface area contributed by atoms with E-state index in [0.29, 0.717) is 24.8 Å². The Morgan fingerprint density at radius 1 is 1.19 bits per heavy atom. The second-order valence-corrected chi connectivity index (χ2v) is 8.13. The normalized spacial score (nSPS) is 28.5. The molecule has 6 heteroatoms. The van der Waals surface area contributed by atoms with E-state index in [9.17, 15) is 4.79 Å². The number of alkyl halides is 1. The number of hydrogen-bond acceptors (Lipinski definition) is 4. The van der Waals surface area contributed by atoms with Gasteiger partial charge in [0.2, 0.25) is 0 Å². The van der Waals surface area contributed by atoms with Crippen LogP contribution in [0.3, 0.4) is 0 Å². The molecule has 1 aromatic carbocycles. The molecule has 3 fully saturated rings. The molecule has 0 bridgehead atoms. The zero-order valence-electron chi connectivity index (χ0n) is 15.1. The Morgan fingerprint density at radius 2 is 1.88 bits per heavy atom. The van der Waals surface area contributed by atoms with Crippen LogP contribution in [-0.2, 0) is 14.8 Å². The maximum absolute atomic E-state index is 12.9. The molecule has 1 N–H and O–H groups in total. The molecule has 2 saturated heterocycles. The van der Waals surface area contributed by atoms with Crippen molar-refractivity contribution in [1.29, 1.82) is 0 Å². The molecule has 0 radical (unpaired) electrons. The highest BCUT2D eigenvalue weighted by Crippen LogP contribution is 2.38. The summed E-state index contributed by atoms with van der Waals surface area (Å²) in [5.41, 5.74) is 1.88. The lowest BCUT2D eigenvalue weighted by molar-refractivity contribution is -0.188. The number of rotatable bonds is 4. The molecular formula is C20H27BrN2O3. The van der Waals surface area contributed by atoms with E-state index in [4.69, 9.17) is 9.47 Å². The van der Waals surface area contributed by atoms with Crippen molar-refractivity contribution in [1.82, 2.24) is 10.2 Å². The molecular weight excluding hydrogens is 396 g/mol. The van der Waals surface area contributed by atoms with Gasteiger partial charge in [-0.15, -0.1) is 0 Å². The lowest BCUT2D eigenvalue weighted by Crippen LogP contribution is -2.58. The van der Waals surface area contributed by atoms with Crippen LogP contribution in [0.4, 0.5) is 0 Å². The van der Waals surface area contributed by atoms with Gasteiger partial charge in [0.05, 0.1) is 13.2 Å². The number of amides is 1. The van der Waals surface area contributed by atoms with Crippen LogP contribution in [-0.4, -0.2) is 55.0 Å². The first kappa shape index (κ1) is 18.4. The lowest BCUT2D eigenvalue weighted by Gasteiger charge is -2.44. The standard InChI is InChI=1S/C20H27BrN2O3/c21-14-15-3-5-16(6-4-15)19(24)22-17-13-20(25-11-12-26-20)8-7-18(17)23-9-1-2-10-23/h3-6,17-18H,1-2,7-14H2,(H,22,24). The number of ether oxygens (including phenoxy) is 2. The lowest BCUT2D eigenvalue weighted by atomic mass is 9.84. The van der Waals surface area contributed by atoms with Crippen LogP contribution < -0.4 is 5.32 Å². The zero-order chi connectivity index (χ0) is 18.0. The third-order valence-electron chi connectivity index (χ3n) is 5.93. The van der Waals surface area contributed by atoms with E-state index in [0.717, 1.165) is 37.7 Å². The van der Waals surface area contributed by atoms with Gasteiger partial charge in [0.1, 0.15) is 0 Å². The quantitative estimate of drug-likeness (QED) is 0.757. The van der Waals surface area contributed by atoms with Crippen molar-refractivity contribution >= 4 is 21.8 Å². The Bertz CT molecular complexity index is 624. The SMILES string of the molecule is O=C(NC1CC2(CCC1N1CCCC1)OCCO2)c1ccc(CBr)cc1. The summed E-state index contributed by atoms with van der Waals surface area (Å²) in [6, 6.07) is 8.22. The third kappa shape index (κ3) is 3.84. The van der Waals surface area contributed by atoms with Crippen LogP contribution in [0.15, 0.2) is 24.3 Å². The van der Waals surface area contributed by atoms with Gasteiger partial charge in [-0.2, -0.15) is 0 Å². The van der Waals surface area contributed by atoms with E-state index in [-0.39, 0.29) is 11.9 Å². The monoisotopic (exact) mass is 422 g/mol. The fourth-order valence-corrected chi connectivity index (χ4v) is 4.93. The first-order valence-corrected chi connectivity index (χ1v) is 10.8. The molecule has 2 atom stereocenters. The Kier molecular flexibility index (Phi) is 5.64. The first-order valence-electron chi connectivity index (χ1n) is 9.67. The van der Waals surface area contributed by atoms with Crippen LogP contribution >= 0.6 is 15.9 Å². The average molecular weight is 423 g/mol. The smallest absolute Gasteiger partial charge is 0.251 e. The van der Waals surface area contributed by atoms with Gasteiger partial charge in [-0.25, -0.2) is 0 Å². The summed E-state index contributed by atoms with van der Waals surface area (Å²) in [5, 5.41) is 4.10. The van der Waals surface area contributed by atoms with E-state index in [1.807, 2.05) is 24.3 Å². The molecule has 2 heterocycles. The van der Waals surface area contributed by atoms with Crippen LogP contribution in [0.25, 0.3) is 0 Å². The second kappa shape index (κ2) is 7.97. The van der Waals surface area contributed by atoms with Crippen LogP contribution in [0.1, 0.15) is 48.0 Å². The Labute approximate surface area is 163 Å². The molecule has 26 heavy (non-hydrogen) atoms. The number of halogens is 1. The third-order valence-corrected chi connectivity index (χ3v) is 6.57. The van der Waals surface area contributed by atoms with Gasteiger partial charge < -0.3 is 14.8 Å². The molecule has 1 spiro atoms. The number of nitrogens with one attached hydrogen (secondary N) is 1. The van der Waals surface area contributed by atoms with Gasteiger partial charge in [0.25, 0.3) is 5.91 Å². The van der Waals surface area contributed by atoms with Gasteiger partial charge in [-0.3, -0.25) is 9.69 Å². The summed E-state index contributed by atoms with van der Waals surface area (Å²) in [6.07, 6.45) is 5.17. The minimum Gasteiger partial charge on any atom is -0.348 e. The highest BCUT2D eigenvalue weighted by atomic mass is 79.9. The average Bonchev–Trinajstić information content (AvgIpc) is 3.35. The molecule has 1 aliphatic carbocycles. The molecule has 2 aliphatic heterocycles. The predicted octanol–water partition coefficient (Wildman–Crippen LogP) is 3.07. The van der Waals surface area contributed by atoms with Gasteiger partial charge in [-0.1, -0.05) is 28.1 Å². The van der Waals surface area contributed by atoms with E-state index in [1.165, 1.54) is 18.4 Å². The number of likely N-dealkylation sites (tertiary alicyclic amines) is 1. The predicted molar refractivity (Wildman–Crippen MR) is 103 cm³/mol. The summed E-state index contributed by atoms with van der Waals surface area (Å²) in [4.78, 5) is 15.4. The van der Waals surface area contributed by atoms with E-state index in [2.05, 4.69) is 26.1 Å². The molecule has 5 nitrogen and oxygen atoms in total. The zero-order valence-corrected chi connectivity index (χ0v) is 16.7. The van der Waals surface area contributed by atoms with Crippen LogP contribution in [0, 0.1) is 0 Å². The van der Waals surface area contributed by atoms with Gasteiger partial charge in [-0.05, 0) is 50.0 Å². The van der Waals surface area contributed by atoms with E-state index >= 15 is 0 Å². The second-order valence-electron chi connectivity index (χ2n) is 7.57. The Hall–Kier alpha value is -0.950. The molecule has 142 valence electrons. The van der Waals surface area contributed by atoms with Crippen molar-refractivity contribution < 1.29 is 14.3 Å². The molecule has 3 aliphatic rings. The van der Waals surface area contributed by atoms with E-state index < -0.39 is 5.79 Å². The molecule has 4 rings (SSSR count). The Balaban J connectivity index is 1.49. The minimum absolute atomic E-state index is 0.00429. The molecule has 1 amide bonds. The maximum Gasteiger partial charge on any atom is 0.251 e. The number of carbonyl (C=O) groups excluding carboxylic acids is 1. The van der Waals surface area contributed by atoms with Crippen molar-refractivity contribution in [2.75, 3.05) is 26.3 Å². The number of hydrogen-bond donors (Lipinski definition) is 1. The van der Waals surface area contributed by atoms with Crippen molar-refractivity contribution in [3.8, 4) is 0 Å². The summed E-state index contributed by atoms with van der Waals surface area (Å²) in [5.74, 6) is -0.496. The topological polar surface area (TPSA) is 50.8 Å². The van der Waals surface area contributed by atoms with Gasteiger partial charge >= 0.3 is 0 Å². The number of benzene rings is 1. The van der Waals surface area contributed by atoms with Crippen molar-refractivity contribution in [2.24, 2.45) is 0 Å². The van der Waals surface area contributed by atoms with Crippen molar-refractivity contribution in [3.63, 3.8) is 0 Å². The number of carbonyl (C=O) groups is 1. The van der Waals surface area contributed by atoms with Crippen LogP contribution in [0.5, 0.6) is 0 Å². The molecule has 1 saturated carbocycles. The van der Waals surface area contributed by atoms with E-state index in [1.54, 1.807) is 0 Å². The fourth-order valence-electron chi connectivity index (χ4n) is 4.56. The van der Waals surface area contributed by atoms with Crippen LogP contribution in [0.2, 0.25) is 0 Å². The highest BCUT2D eigenvalue weighted by molar-refractivity contribution is 9.08. The Morgan fingerprint density at radius 3 is 2.54 bits per heavy atom. The molecule has 1 aromatic rings. The van der Waals surface area contributed by atoms with Crippen molar-refractivity contribution in [2.45, 2.75) is 55.3 Å². The summed E-state index contributed by atoms with van der Waals surface area (Å²) >= 11 is 3.44. The molecule has 2 unspecified atom stereocenters. The van der Waals surface area contributed by atoms with Gasteiger partial charge in [0.15, 0.2) is 5.79 Å². The van der Waals surface area contributed by atoms with Crippen molar-refractivity contribution in [3.05, 3.63) is 35.4 Å².